The lowest BCUT2D eigenvalue weighted by Gasteiger charge is -2.19. The van der Waals surface area contributed by atoms with Gasteiger partial charge in [-0.2, -0.15) is 4.98 Å². The van der Waals surface area contributed by atoms with E-state index in [9.17, 15) is 10.1 Å². The van der Waals surface area contributed by atoms with Gasteiger partial charge < -0.3 is 10.6 Å². The third kappa shape index (κ3) is 5.13. The average molecular weight is 432 g/mol. The number of rotatable bonds is 5. The fraction of sp³-hybridized carbons (Fsp3) is 0.200. The Bertz CT molecular complexity index is 1050. The van der Waals surface area contributed by atoms with Crippen molar-refractivity contribution in [2.45, 2.75) is 26.2 Å². The van der Waals surface area contributed by atoms with Crippen LogP contribution in [0.4, 0.5) is 28.8 Å². The molecule has 29 heavy (non-hydrogen) atoms. The molecular weight excluding hydrogens is 413 g/mol. The molecule has 1 heterocycles. The molecule has 3 aromatic rings. The van der Waals surface area contributed by atoms with Crippen LogP contribution in [-0.2, 0) is 5.41 Å². The van der Waals surface area contributed by atoms with Gasteiger partial charge in [0.05, 0.1) is 15.0 Å². The van der Waals surface area contributed by atoms with E-state index in [4.69, 9.17) is 23.2 Å². The summed E-state index contributed by atoms with van der Waals surface area (Å²) in [5, 5.41) is 18.0. The number of anilines is 4. The van der Waals surface area contributed by atoms with Crippen molar-refractivity contribution in [1.82, 2.24) is 9.97 Å². The number of nitrogens with zero attached hydrogens (tertiary/aromatic N) is 3. The van der Waals surface area contributed by atoms with E-state index in [-0.39, 0.29) is 22.9 Å². The van der Waals surface area contributed by atoms with Crippen LogP contribution in [0.15, 0.2) is 48.7 Å². The Kier molecular flexibility index (Phi) is 5.91. The number of aromatic nitrogens is 2. The van der Waals surface area contributed by atoms with E-state index >= 15 is 0 Å². The van der Waals surface area contributed by atoms with Crippen molar-refractivity contribution < 1.29 is 4.92 Å². The Hall–Kier alpha value is -2.90. The first-order chi connectivity index (χ1) is 13.6. The number of benzene rings is 2. The second kappa shape index (κ2) is 8.23. The summed E-state index contributed by atoms with van der Waals surface area (Å²) >= 11 is 11.9. The van der Waals surface area contributed by atoms with E-state index in [1.807, 2.05) is 24.3 Å². The van der Waals surface area contributed by atoms with Crippen LogP contribution in [0.1, 0.15) is 26.3 Å². The van der Waals surface area contributed by atoms with Crippen molar-refractivity contribution >= 4 is 52.0 Å². The third-order valence-electron chi connectivity index (χ3n) is 4.16. The molecule has 2 aromatic carbocycles. The van der Waals surface area contributed by atoms with Crippen LogP contribution in [-0.4, -0.2) is 14.9 Å². The molecule has 0 aliphatic heterocycles. The summed E-state index contributed by atoms with van der Waals surface area (Å²) in [6, 6.07) is 12.7. The lowest BCUT2D eigenvalue weighted by atomic mass is 9.87. The monoisotopic (exact) mass is 431 g/mol. The van der Waals surface area contributed by atoms with Crippen molar-refractivity contribution in [2.75, 3.05) is 10.6 Å². The number of hydrogen-bond donors (Lipinski definition) is 2. The lowest BCUT2D eigenvalue weighted by molar-refractivity contribution is -0.384. The smallest absolute Gasteiger partial charge is 0.329 e. The van der Waals surface area contributed by atoms with Crippen LogP contribution in [0.2, 0.25) is 10.0 Å². The number of hydrogen-bond acceptors (Lipinski definition) is 6. The minimum atomic E-state index is -0.554. The highest BCUT2D eigenvalue weighted by Gasteiger charge is 2.18. The summed E-state index contributed by atoms with van der Waals surface area (Å²) < 4.78 is 0. The van der Waals surface area contributed by atoms with Crippen molar-refractivity contribution in [3.63, 3.8) is 0 Å². The van der Waals surface area contributed by atoms with E-state index in [0.717, 1.165) is 11.9 Å². The zero-order chi connectivity index (χ0) is 21.2. The number of halogens is 2. The molecule has 7 nitrogen and oxygen atoms in total. The molecule has 0 atom stereocenters. The molecule has 0 bridgehead atoms. The third-order valence-corrected chi connectivity index (χ3v) is 4.89. The standard InChI is InChI=1S/C20H19Cl2N5O2/c1-20(2,3)12-4-6-13(7-5-12)25-19-23-11-17(27(28)29)18(26-19)24-14-8-9-15(21)16(22)10-14/h4-11H,1-3H3,(H2,23,24,25,26). The molecule has 0 aliphatic carbocycles. The highest BCUT2D eigenvalue weighted by molar-refractivity contribution is 6.42. The zero-order valence-electron chi connectivity index (χ0n) is 16.0. The molecule has 0 fully saturated rings. The Morgan fingerprint density at radius 2 is 1.62 bits per heavy atom. The summed E-state index contributed by atoms with van der Waals surface area (Å²) in [7, 11) is 0. The van der Waals surface area contributed by atoms with Gasteiger partial charge in [0.2, 0.25) is 11.8 Å². The summed E-state index contributed by atoms with van der Waals surface area (Å²) in [6.45, 7) is 6.40. The van der Waals surface area contributed by atoms with Gasteiger partial charge in [-0.05, 0) is 41.3 Å². The van der Waals surface area contributed by atoms with E-state index in [0.29, 0.717) is 15.7 Å². The minimum absolute atomic E-state index is 0.0391. The van der Waals surface area contributed by atoms with Gasteiger partial charge in [-0.15, -0.1) is 0 Å². The fourth-order valence-electron chi connectivity index (χ4n) is 2.55. The molecule has 0 saturated heterocycles. The molecule has 150 valence electrons. The van der Waals surface area contributed by atoms with Gasteiger partial charge in [-0.1, -0.05) is 56.1 Å². The summed E-state index contributed by atoms with van der Waals surface area (Å²) in [4.78, 5) is 19.1. The van der Waals surface area contributed by atoms with Gasteiger partial charge in [0.15, 0.2) is 0 Å². The lowest BCUT2D eigenvalue weighted by Crippen LogP contribution is -2.10. The summed E-state index contributed by atoms with van der Waals surface area (Å²) in [6.07, 6.45) is 1.15. The van der Waals surface area contributed by atoms with Crippen LogP contribution in [0.5, 0.6) is 0 Å². The van der Waals surface area contributed by atoms with Crippen molar-refractivity contribution in [1.29, 1.82) is 0 Å². The summed E-state index contributed by atoms with van der Waals surface area (Å²) in [5.41, 5.74) is 2.26. The first-order valence-corrected chi connectivity index (χ1v) is 9.50. The molecule has 1 aromatic heterocycles. The van der Waals surface area contributed by atoms with E-state index < -0.39 is 4.92 Å². The van der Waals surface area contributed by atoms with Gasteiger partial charge in [-0.25, -0.2) is 4.98 Å². The second-order valence-corrected chi connectivity index (χ2v) is 8.21. The maximum Gasteiger partial charge on any atom is 0.329 e. The van der Waals surface area contributed by atoms with E-state index in [2.05, 4.69) is 41.4 Å². The van der Waals surface area contributed by atoms with Crippen LogP contribution in [0, 0.1) is 10.1 Å². The molecule has 3 rings (SSSR count). The van der Waals surface area contributed by atoms with E-state index in [1.165, 1.54) is 5.56 Å². The minimum Gasteiger partial charge on any atom is -0.334 e. The predicted molar refractivity (Wildman–Crippen MR) is 117 cm³/mol. The number of nitro groups is 1. The topological polar surface area (TPSA) is 93.0 Å². The van der Waals surface area contributed by atoms with Gasteiger partial charge in [0.1, 0.15) is 6.20 Å². The van der Waals surface area contributed by atoms with Crippen LogP contribution in [0.25, 0.3) is 0 Å². The van der Waals surface area contributed by atoms with Crippen molar-refractivity contribution in [3.8, 4) is 0 Å². The van der Waals surface area contributed by atoms with Crippen LogP contribution >= 0.6 is 23.2 Å². The molecule has 9 heteroatoms. The molecular formula is C20H19Cl2N5O2. The maximum absolute atomic E-state index is 11.4. The van der Waals surface area contributed by atoms with E-state index in [1.54, 1.807) is 18.2 Å². The Labute approximate surface area is 178 Å². The normalized spacial score (nSPS) is 11.2. The Morgan fingerprint density at radius 1 is 0.966 bits per heavy atom. The highest BCUT2D eigenvalue weighted by atomic mass is 35.5. The van der Waals surface area contributed by atoms with Gasteiger partial charge in [-0.3, -0.25) is 10.1 Å². The van der Waals surface area contributed by atoms with Gasteiger partial charge in [0, 0.05) is 11.4 Å². The zero-order valence-corrected chi connectivity index (χ0v) is 17.5. The Balaban J connectivity index is 1.88. The average Bonchev–Trinajstić information content (AvgIpc) is 2.64. The predicted octanol–water partition coefficient (Wildman–Crippen LogP) is 6.48. The molecule has 0 amide bonds. The molecule has 0 unspecified atom stereocenters. The van der Waals surface area contributed by atoms with Gasteiger partial charge in [0.25, 0.3) is 0 Å². The highest BCUT2D eigenvalue weighted by Crippen LogP contribution is 2.31. The SMILES string of the molecule is CC(C)(C)c1ccc(Nc2ncc([N+](=O)[O-])c(Nc3ccc(Cl)c(Cl)c3)n2)cc1. The van der Waals surface area contributed by atoms with Crippen LogP contribution in [0.3, 0.4) is 0 Å². The first kappa shape index (κ1) is 20.8. The maximum atomic E-state index is 11.4. The molecule has 2 N–H and O–H groups in total. The second-order valence-electron chi connectivity index (χ2n) is 7.39. The Morgan fingerprint density at radius 3 is 2.21 bits per heavy atom. The van der Waals surface area contributed by atoms with Crippen molar-refractivity contribution in [2.24, 2.45) is 0 Å². The quantitative estimate of drug-likeness (QED) is 0.354. The summed E-state index contributed by atoms with van der Waals surface area (Å²) in [5.74, 6) is 0.263. The molecule has 0 radical (unpaired) electrons. The van der Waals surface area contributed by atoms with Crippen molar-refractivity contribution in [3.05, 3.63) is 74.4 Å². The first-order valence-electron chi connectivity index (χ1n) is 8.74. The number of nitrogens with one attached hydrogen (secondary N) is 2. The van der Waals surface area contributed by atoms with Gasteiger partial charge >= 0.3 is 5.69 Å². The molecule has 0 aliphatic rings. The molecule has 0 spiro atoms. The largest absolute Gasteiger partial charge is 0.334 e. The fourth-order valence-corrected chi connectivity index (χ4v) is 2.85. The van der Waals surface area contributed by atoms with Crippen LogP contribution < -0.4 is 10.6 Å². The molecule has 0 saturated carbocycles.